The number of H-pyrrole nitrogens is 1. The van der Waals surface area contributed by atoms with E-state index in [1.807, 2.05) is 18.2 Å². The zero-order chi connectivity index (χ0) is 20.5. The van der Waals surface area contributed by atoms with Gasteiger partial charge >= 0.3 is 0 Å². The summed E-state index contributed by atoms with van der Waals surface area (Å²) >= 11 is 0. The fourth-order valence-corrected chi connectivity index (χ4v) is 4.10. The molecular formula is C24H25N5O. The van der Waals surface area contributed by atoms with Gasteiger partial charge in [-0.3, -0.25) is 4.90 Å². The summed E-state index contributed by atoms with van der Waals surface area (Å²) in [5.41, 5.74) is 6.79. The van der Waals surface area contributed by atoms with Crippen molar-refractivity contribution < 1.29 is 4.74 Å². The highest BCUT2D eigenvalue weighted by molar-refractivity contribution is 5.69. The Kier molecular flexibility index (Phi) is 4.85. The molecule has 1 N–H and O–H groups in total. The summed E-state index contributed by atoms with van der Waals surface area (Å²) in [6.45, 7) is 5.63. The highest BCUT2D eigenvalue weighted by atomic mass is 16.5. The zero-order valence-corrected chi connectivity index (χ0v) is 17.3. The minimum Gasteiger partial charge on any atom is -0.497 e. The average Bonchev–Trinajstić information content (AvgIpc) is 3.38. The first kappa shape index (κ1) is 18.6. The van der Waals surface area contributed by atoms with Crippen molar-refractivity contribution in [2.24, 2.45) is 0 Å². The van der Waals surface area contributed by atoms with Crippen LogP contribution in [0.4, 0.5) is 0 Å². The molecule has 0 spiro atoms. The van der Waals surface area contributed by atoms with Crippen molar-refractivity contribution in [2.75, 3.05) is 13.7 Å². The Hall–Kier alpha value is -3.38. The van der Waals surface area contributed by atoms with Gasteiger partial charge in [-0.15, -0.1) is 0 Å². The molecular weight excluding hydrogens is 374 g/mol. The van der Waals surface area contributed by atoms with Gasteiger partial charge in [0, 0.05) is 43.0 Å². The molecule has 6 nitrogen and oxygen atoms in total. The molecule has 2 aromatic carbocycles. The first-order chi connectivity index (χ1) is 14.7. The SMILES string of the molecule is COc1ccc(-c2nc(-c3ccccc3)n3c2CN(Cc2nc[nH]c2C)CC3)cc1. The highest BCUT2D eigenvalue weighted by Gasteiger charge is 2.26. The number of imidazole rings is 2. The van der Waals surface area contributed by atoms with E-state index in [0.717, 1.165) is 66.0 Å². The van der Waals surface area contributed by atoms with Crippen LogP contribution in [0.3, 0.4) is 0 Å². The van der Waals surface area contributed by atoms with Crippen molar-refractivity contribution in [3.05, 3.63) is 78.0 Å². The summed E-state index contributed by atoms with van der Waals surface area (Å²) in [6.07, 6.45) is 1.77. The van der Waals surface area contributed by atoms with Crippen molar-refractivity contribution in [1.29, 1.82) is 0 Å². The van der Waals surface area contributed by atoms with E-state index in [2.05, 4.69) is 62.8 Å². The maximum Gasteiger partial charge on any atom is 0.140 e. The van der Waals surface area contributed by atoms with Crippen LogP contribution in [0.1, 0.15) is 17.1 Å². The number of aromatic amines is 1. The summed E-state index contributed by atoms with van der Waals surface area (Å²) in [5.74, 6) is 1.89. The van der Waals surface area contributed by atoms with Crippen LogP contribution < -0.4 is 4.74 Å². The van der Waals surface area contributed by atoms with Gasteiger partial charge in [0.05, 0.1) is 30.5 Å². The standard InChI is InChI=1S/C24H25N5O/c1-17-21(26-16-25-17)14-28-12-13-29-22(15-28)23(18-8-10-20(30-2)11-9-18)27-24(29)19-6-4-3-5-7-19/h3-11,16H,12-15H2,1-2H3,(H,25,26). The third-order valence-electron chi connectivity index (χ3n) is 5.79. The van der Waals surface area contributed by atoms with Gasteiger partial charge in [0.2, 0.25) is 0 Å². The Bertz CT molecular complexity index is 1140. The van der Waals surface area contributed by atoms with Crippen molar-refractivity contribution in [3.63, 3.8) is 0 Å². The second-order valence-corrected chi connectivity index (χ2v) is 7.66. The predicted octanol–water partition coefficient (Wildman–Crippen LogP) is 4.27. The first-order valence-electron chi connectivity index (χ1n) is 10.2. The number of methoxy groups -OCH3 is 1. The van der Waals surface area contributed by atoms with Crippen LogP contribution >= 0.6 is 0 Å². The Morgan fingerprint density at radius 1 is 1.00 bits per heavy atom. The third kappa shape index (κ3) is 3.39. The summed E-state index contributed by atoms with van der Waals surface area (Å²) < 4.78 is 7.71. The number of aryl methyl sites for hydroxylation is 1. The zero-order valence-electron chi connectivity index (χ0n) is 17.3. The molecule has 1 aliphatic rings. The number of aromatic nitrogens is 4. The maximum absolute atomic E-state index is 5.34. The van der Waals surface area contributed by atoms with Gasteiger partial charge in [-0.2, -0.15) is 0 Å². The molecule has 1 aliphatic heterocycles. The number of ether oxygens (including phenoxy) is 1. The molecule has 0 atom stereocenters. The summed E-state index contributed by atoms with van der Waals surface area (Å²) in [5, 5.41) is 0. The summed E-state index contributed by atoms with van der Waals surface area (Å²) in [4.78, 5) is 15.2. The van der Waals surface area contributed by atoms with Gasteiger partial charge in [-0.25, -0.2) is 9.97 Å². The molecule has 30 heavy (non-hydrogen) atoms. The van der Waals surface area contributed by atoms with Gasteiger partial charge < -0.3 is 14.3 Å². The smallest absolute Gasteiger partial charge is 0.140 e. The van der Waals surface area contributed by atoms with Crippen molar-refractivity contribution >= 4 is 0 Å². The largest absolute Gasteiger partial charge is 0.497 e. The fourth-order valence-electron chi connectivity index (χ4n) is 4.10. The molecule has 0 saturated heterocycles. The topological polar surface area (TPSA) is 59.0 Å². The maximum atomic E-state index is 5.34. The Morgan fingerprint density at radius 3 is 2.50 bits per heavy atom. The molecule has 2 aromatic heterocycles. The molecule has 0 aliphatic carbocycles. The number of nitrogens with zero attached hydrogens (tertiary/aromatic N) is 4. The van der Waals surface area contributed by atoms with E-state index in [0.29, 0.717) is 0 Å². The quantitative estimate of drug-likeness (QED) is 0.544. The molecule has 0 amide bonds. The van der Waals surface area contributed by atoms with Gasteiger partial charge in [-0.1, -0.05) is 30.3 Å². The molecule has 4 aromatic rings. The van der Waals surface area contributed by atoms with E-state index in [1.54, 1.807) is 13.4 Å². The van der Waals surface area contributed by atoms with Gasteiger partial charge in [0.1, 0.15) is 11.6 Å². The third-order valence-corrected chi connectivity index (χ3v) is 5.79. The van der Waals surface area contributed by atoms with Crippen LogP contribution in [0.2, 0.25) is 0 Å². The number of rotatable bonds is 5. The van der Waals surface area contributed by atoms with Crippen LogP contribution in [-0.4, -0.2) is 38.1 Å². The first-order valence-corrected chi connectivity index (χ1v) is 10.2. The van der Waals surface area contributed by atoms with Crippen LogP contribution in [0, 0.1) is 6.92 Å². The van der Waals surface area contributed by atoms with E-state index in [4.69, 9.17) is 9.72 Å². The second kappa shape index (κ2) is 7.80. The normalized spacial score (nSPS) is 13.9. The molecule has 0 unspecified atom stereocenters. The van der Waals surface area contributed by atoms with E-state index >= 15 is 0 Å². The number of fused-ring (bicyclic) bond motifs is 1. The van der Waals surface area contributed by atoms with E-state index in [9.17, 15) is 0 Å². The lowest BCUT2D eigenvalue weighted by Gasteiger charge is -2.29. The number of nitrogens with one attached hydrogen (secondary N) is 1. The van der Waals surface area contributed by atoms with Gasteiger partial charge in [-0.05, 0) is 31.2 Å². The van der Waals surface area contributed by atoms with E-state index in [-0.39, 0.29) is 0 Å². The lowest BCUT2D eigenvalue weighted by atomic mass is 10.1. The Morgan fingerprint density at radius 2 is 1.80 bits per heavy atom. The lowest BCUT2D eigenvalue weighted by molar-refractivity contribution is 0.212. The number of benzene rings is 2. The van der Waals surface area contributed by atoms with E-state index < -0.39 is 0 Å². The molecule has 5 rings (SSSR count). The van der Waals surface area contributed by atoms with E-state index in [1.165, 1.54) is 5.69 Å². The Labute approximate surface area is 176 Å². The molecule has 0 radical (unpaired) electrons. The predicted molar refractivity (Wildman–Crippen MR) is 117 cm³/mol. The summed E-state index contributed by atoms with van der Waals surface area (Å²) in [6, 6.07) is 18.6. The molecule has 152 valence electrons. The molecule has 6 heteroatoms. The number of hydrogen-bond acceptors (Lipinski definition) is 4. The minimum absolute atomic E-state index is 0.837. The monoisotopic (exact) mass is 399 g/mol. The summed E-state index contributed by atoms with van der Waals surface area (Å²) in [7, 11) is 1.69. The van der Waals surface area contributed by atoms with Crippen LogP contribution in [0.15, 0.2) is 60.9 Å². The second-order valence-electron chi connectivity index (χ2n) is 7.66. The molecule has 0 saturated carbocycles. The van der Waals surface area contributed by atoms with Crippen molar-refractivity contribution in [3.8, 4) is 28.4 Å². The van der Waals surface area contributed by atoms with Crippen LogP contribution in [0.5, 0.6) is 5.75 Å². The molecule has 3 heterocycles. The van der Waals surface area contributed by atoms with Crippen molar-refractivity contribution in [1.82, 2.24) is 24.4 Å². The lowest BCUT2D eigenvalue weighted by Crippen LogP contribution is -2.33. The minimum atomic E-state index is 0.837. The van der Waals surface area contributed by atoms with Gasteiger partial charge in [0.25, 0.3) is 0 Å². The molecule has 0 bridgehead atoms. The van der Waals surface area contributed by atoms with Gasteiger partial charge in [0.15, 0.2) is 0 Å². The van der Waals surface area contributed by atoms with Crippen molar-refractivity contribution in [2.45, 2.75) is 26.6 Å². The Balaban J connectivity index is 1.55. The van der Waals surface area contributed by atoms with Crippen LogP contribution in [0.25, 0.3) is 22.6 Å². The van der Waals surface area contributed by atoms with Crippen LogP contribution in [-0.2, 0) is 19.6 Å². The average molecular weight is 399 g/mol. The molecule has 0 fully saturated rings. The fraction of sp³-hybridized carbons (Fsp3) is 0.250. The number of hydrogen-bond donors (Lipinski definition) is 1. The highest BCUT2D eigenvalue weighted by Crippen LogP contribution is 2.33.